The SMILES string of the molecule is CC(C)CC(=O)N[C@@H](NC(=O)C(C)C)c1ccc(F)cc1. The van der Waals surface area contributed by atoms with E-state index in [1.54, 1.807) is 26.0 Å². The highest BCUT2D eigenvalue weighted by Crippen LogP contribution is 2.13. The molecular weight excluding hydrogens is 271 g/mol. The molecule has 21 heavy (non-hydrogen) atoms. The van der Waals surface area contributed by atoms with E-state index in [0.29, 0.717) is 12.0 Å². The number of amides is 2. The zero-order valence-corrected chi connectivity index (χ0v) is 12.9. The number of benzene rings is 1. The van der Waals surface area contributed by atoms with Crippen molar-refractivity contribution in [1.29, 1.82) is 0 Å². The standard InChI is InChI=1S/C16H23FN2O2/c1-10(2)9-14(20)18-15(19-16(21)11(3)4)12-5-7-13(17)8-6-12/h5-8,10-11,15H,9H2,1-4H3,(H,18,20)(H,19,21)/t15-/m0/s1. The maximum Gasteiger partial charge on any atom is 0.224 e. The second-order valence-corrected chi connectivity index (χ2v) is 5.81. The van der Waals surface area contributed by atoms with Gasteiger partial charge in [0, 0.05) is 12.3 Å². The summed E-state index contributed by atoms with van der Waals surface area (Å²) in [4.78, 5) is 23.8. The lowest BCUT2D eigenvalue weighted by Crippen LogP contribution is -2.42. The summed E-state index contributed by atoms with van der Waals surface area (Å²) in [7, 11) is 0. The van der Waals surface area contributed by atoms with Crippen LogP contribution in [0.25, 0.3) is 0 Å². The lowest BCUT2D eigenvalue weighted by atomic mass is 10.1. The Labute approximate surface area is 125 Å². The van der Waals surface area contributed by atoms with E-state index in [1.165, 1.54) is 12.1 Å². The third-order valence-electron chi connectivity index (χ3n) is 2.91. The smallest absolute Gasteiger partial charge is 0.224 e. The predicted octanol–water partition coefficient (Wildman–Crippen LogP) is 2.76. The van der Waals surface area contributed by atoms with Gasteiger partial charge in [-0.1, -0.05) is 39.8 Å². The highest BCUT2D eigenvalue weighted by atomic mass is 19.1. The average Bonchev–Trinajstić information content (AvgIpc) is 2.37. The molecule has 0 aliphatic carbocycles. The molecule has 1 atom stereocenters. The lowest BCUT2D eigenvalue weighted by molar-refractivity contribution is -0.126. The van der Waals surface area contributed by atoms with E-state index in [1.807, 2.05) is 13.8 Å². The van der Waals surface area contributed by atoms with Crippen molar-refractivity contribution in [2.75, 3.05) is 0 Å². The van der Waals surface area contributed by atoms with Gasteiger partial charge in [-0.15, -0.1) is 0 Å². The molecule has 0 spiro atoms. The molecule has 0 radical (unpaired) electrons. The van der Waals surface area contributed by atoms with Crippen molar-refractivity contribution in [2.24, 2.45) is 11.8 Å². The molecule has 2 N–H and O–H groups in total. The zero-order chi connectivity index (χ0) is 16.0. The summed E-state index contributed by atoms with van der Waals surface area (Å²) in [6.45, 7) is 7.43. The van der Waals surface area contributed by atoms with Gasteiger partial charge in [0.25, 0.3) is 0 Å². The first-order chi connectivity index (χ1) is 9.79. The summed E-state index contributed by atoms with van der Waals surface area (Å²) in [5, 5.41) is 5.54. The molecule has 0 saturated heterocycles. The van der Waals surface area contributed by atoms with Gasteiger partial charge in [0.15, 0.2) is 0 Å². The van der Waals surface area contributed by atoms with Crippen LogP contribution < -0.4 is 10.6 Å². The largest absolute Gasteiger partial charge is 0.332 e. The van der Waals surface area contributed by atoms with Crippen molar-refractivity contribution < 1.29 is 14.0 Å². The third-order valence-corrected chi connectivity index (χ3v) is 2.91. The number of rotatable bonds is 6. The predicted molar refractivity (Wildman–Crippen MR) is 79.7 cm³/mol. The minimum absolute atomic E-state index is 0.150. The monoisotopic (exact) mass is 294 g/mol. The molecule has 0 heterocycles. The molecule has 116 valence electrons. The first-order valence-corrected chi connectivity index (χ1v) is 7.14. The van der Waals surface area contributed by atoms with E-state index < -0.39 is 6.17 Å². The van der Waals surface area contributed by atoms with Gasteiger partial charge >= 0.3 is 0 Å². The summed E-state index contributed by atoms with van der Waals surface area (Å²) in [5.41, 5.74) is 0.641. The Morgan fingerprint density at radius 3 is 2.10 bits per heavy atom. The van der Waals surface area contributed by atoms with E-state index >= 15 is 0 Å². The molecule has 0 fully saturated rings. The van der Waals surface area contributed by atoms with E-state index in [-0.39, 0.29) is 29.5 Å². The van der Waals surface area contributed by atoms with Crippen LogP contribution in [-0.4, -0.2) is 11.8 Å². The van der Waals surface area contributed by atoms with Gasteiger partial charge in [0.05, 0.1) is 0 Å². The van der Waals surface area contributed by atoms with Crippen LogP contribution in [0.5, 0.6) is 0 Å². The molecule has 2 amide bonds. The molecule has 0 aliphatic heterocycles. The number of nitrogens with one attached hydrogen (secondary N) is 2. The summed E-state index contributed by atoms with van der Waals surface area (Å²) in [5.74, 6) is -0.659. The van der Waals surface area contributed by atoms with E-state index in [2.05, 4.69) is 10.6 Å². The molecule has 0 saturated carbocycles. The van der Waals surface area contributed by atoms with Crippen molar-refractivity contribution in [3.8, 4) is 0 Å². The van der Waals surface area contributed by atoms with Gasteiger partial charge in [-0.3, -0.25) is 9.59 Å². The fourth-order valence-corrected chi connectivity index (χ4v) is 1.76. The van der Waals surface area contributed by atoms with Crippen molar-refractivity contribution in [3.63, 3.8) is 0 Å². The first-order valence-electron chi connectivity index (χ1n) is 7.14. The van der Waals surface area contributed by atoms with Crippen LogP contribution in [0.3, 0.4) is 0 Å². The topological polar surface area (TPSA) is 58.2 Å². The van der Waals surface area contributed by atoms with Gasteiger partial charge < -0.3 is 10.6 Å². The Morgan fingerprint density at radius 1 is 1.05 bits per heavy atom. The Morgan fingerprint density at radius 2 is 1.62 bits per heavy atom. The van der Waals surface area contributed by atoms with Gasteiger partial charge in [-0.25, -0.2) is 4.39 Å². The summed E-state index contributed by atoms with van der Waals surface area (Å²) >= 11 is 0. The summed E-state index contributed by atoms with van der Waals surface area (Å²) < 4.78 is 13.0. The second kappa shape index (κ2) is 7.76. The van der Waals surface area contributed by atoms with Crippen LogP contribution in [0.2, 0.25) is 0 Å². The maximum atomic E-state index is 13.0. The molecule has 0 bridgehead atoms. The number of carbonyl (C=O) groups is 2. The average molecular weight is 294 g/mol. The van der Waals surface area contributed by atoms with E-state index in [0.717, 1.165) is 0 Å². The highest BCUT2D eigenvalue weighted by molar-refractivity contribution is 5.80. The van der Waals surface area contributed by atoms with Crippen LogP contribution in [-0.2, 0) is 9.59 Å². The Bertz CT molecular complexity index is 484. The minimum Gasteiger partial charge on any atom is -0.332 e. The lowest BCUT2D eigenvalue weighted by Gasteiger charge is -2.22. The second-order valence-electron chi connectivity index (χ2n) is 5.81. The molecule has 0 aliphatic rings. The molecule has 4 nitrogen and oxygen atoms in total. The van der Waals surface area contributed by atoms with Crippen molar-refractivity contribution >= 4 is 11.8 Å². The van der Waals surface area contributed by atoms with Gasteiger partial charge in [0.1, 0.15) is 12.0 Å². The quantitative estimate of drug-likeness (QED) is 0.793. The number of carbonyl (C=O) groups excluding carboxylic acids is 2. The minimum atomic E-state index is -0.647. The maximum absolute atomic E-state index is 13.0. The Hall–Kier alpha value is -1.91. The molecule has 5 heteroatoms. The van der Waals surface area contributed by atoms with E-state index in [9.17, 15) is 14.0 Å². The van der Waals surface area contributed by atoms with Crippen LogP contribution in [0.4, 0.5) is 4.39 Å². The molecular formula is C16H23FN2O2. The Balaban J connectivity index is 2.86. The van der Waals surface area contributed by atoms with Gasteiger partial charge in [-0.2, -0.15) is 0 Å². The Kier molecular flexibility index (Phi) is 6.34. The molecule has 1 aromatic carbocycles. The molecule has 0 unspecified atom stereocenters. The van der Waals surface area contributed by atoms with Crippen molar-refractivity contribution in [3.05, 3.63) is 35.6 Å². The summed E-state index contributed by atoms with van der Waals surface area (Å²) in [6.07, 6.45) is -0.276. The molecule has 1 aromatic rings. The zero-order valence-electron chi connectivity index (χ0n) is 12.9. The third kappa shape index (κ3) is 5.94. The van der Waals surface area contributed by atoms with Crippen molar-refractivity contribution in [1.82, 2.24) is 10.6 Å². The van der Waals surface area contributed by atoms with Crippen molar-refractivity contribution in [2.45, 2.75) is 40.3 Å². The van der Waals surface area contributed by atoms with Gasteiger partial charge in [-0.05, 0) is 23.6 Å². The first kappa shape index (κ1) is 17.1. The van der Waals surface area contributed by atoms with Crippen LogP contribution in [0.15, 0.2) is 24.3 Å². The van der Waals surface area contributed by atoms with Crippen LogP contribution >= 0.6 is 0 Å². The number of hydrogen-bond acceptors (Lipinski definition) is 2. The summed E-state index contributed by atoms with van der Waals surface area (Å²) in [6, 6.07) is 5.71. The van der Waals surface area contributed by atoms with E-state index in [4.69, 9.17) is 0 Å². The van der Waals surface area contributed by atoms with Crippen LogP contribution in [0.1, 0.15) is 45.8 Å². The fourth-order valence-electron chi connectivity index (χ4n) is 1.76. The highest BCUT2D eigenvalue weighted by Gasteiger charge is 2.19. The molecule has 0 aromatic heterocycles. The van der Waals surface area contributed by atoms with Crippen LogP contribution in [0, 0.1) is 17.7 Å². The molecule has 1 rings (SSSR count). The number of hydrogen-bond donors (Lipinski definition) is 2. The normalized spacial score (nSPS) is 12.3. The number of halogens is 1. The fraction of sp³-hybridized carbons (Fsp3) is 0.500. The van der Waals surface area contributed by atoms with Gasteiger partial charge in [0.2, 0.25) is 11.8 Å².